The SMILES string of the molecule is COc1ccc(Nc2c(-c3csc(C)c3)c(C)nn2-c2ccccc2C)c(C(=O)O)c1. The molecule has 0 radical (unpaired) electrons. The van der Waals surface area contributed by atoms with Crippen molar-refractivity contribution >= 4 is 28.8 Å². The van der Waals surface area contributed by atoms with Crippen LogP contribution in [0.1, 0.15) is 26.5 Å². The van der Waals surface area contributed by atoms with Crippen LogP contribution in [0.4, 0.5) is 11.5 Å². The smallest absolute Gasteiger partial charge is 0.337 e. The lowest BCUT2D eigenvalue weighted by Crippen LogP contribution is -2.08. The van der Waals surface area contributed by atoms with Gasteiger partial charge in [0.15, 0.2) is 0 Å². The number of aromatic nitrogens is 2. The molecule has 158 valence electrons. The summed E-state index contributed by atoms with van der Waals surface area (Å²) < 4.78 is 7.06. The molecule has 0 saturated heterocycles. The molecule has 0 aliphatic rings. The van der Waals surface area contributed by atoms with Gasteiger partial charge in [-0.15, -0.1) is 11.3 Å². The van der Waals surface area contributed by atoms with Gasteiger partial charge in [-0.3, -0.25) is 0 Å². The molecule has 0 amide bonds. The number of hydrogen-bond donors (Lipinski definition) is 2. The zero-order chi connectivity index (χ0) is 22.1. The van der Waals surface area contributed by atoms with Crippen LogP contribution >= 0.6 is 11.3 Å². The van der Waals surface area contributed by atoms with Crippen LogP contribution in [0.15, 0.2) is 53.9 Å². The number of para-hydroxylation sites is 1. The Morgan fingerprint density at radius 2 is 1.90 bits per heavy atom. The summed E-state index contributed by atoms with van der Waals surface area (Å²) in [5, 5.41) is 20.1. The summed E-state index contributed by atoms with van der Waals surface area (Å²) >= 11 is 1.67. The van der Waals surface area contributed by atoms with Gasteiger partial charge in [0.1, 0.15) is 11.6 Å². The Morgan fingerprint density at radius 3 is 2.55 bits per heavy atom. The van der Waals surface area contributed by atoms with Gasteiger partial charge in [-0.25, -0.2) is 9.48 Å². The molecule has 4 rings (SSSR count). The number of ether oxygens (including phenoxy) is 1. The number of carbonyl (C=O) groups is 1. The average molecular weight is 434 g/mol. The summed E-state index contributed by atoms with van der Waals surface area (Å²) in [4.78, 5) is 13.1. The van der Waals surface area contributed by atoms with E-state index < -0.39 is 5.97 Å². The Balaban J connectivity index is 1.94. The number of rotatable bonds is 6. The lowest BCUT2D eigenvalue weighted by Gasteiger charge is -2.15. The van der Waals surface area contributed by atoms with Gasteiger partial charge in [-0.1, -0.05) is 18.2 Å². The third-order valence-electron chi connectivity index (χ3n) is 5.13. The van der Waals surface area contributed by atoms with Gasteiger partial charge in [-0.2, -0.15) is 5.10 Å². The van der Waals surface area contributed by atoms with Crippen molar-refractivity contribution in [1.29, 1.82) is 0 Å². The average Bonchev–Trinajstić information content (AvgIpc) is 3.31. The molecule has 0 aliphatic carbocycles. The van der Waals surface area contributed by atoms with Gasteiger partial charge in [0, 0.05) is 10.4 Å². The van der Waals surface area contributed by atoms with E-state index in [9.17, 15) is 9.90 Å². The fraction of sp³-hybridized carbons (Fsp3) is 0.167. The fourth-order valence-corrected chi connectivity index (χ4v) is 4.30. The number of hydrogen-bond acceptors (Lipinski definition) is 5. The van der Waals surface area contributed by atoms with Crippen LogP contribution in [0.2, 0.25) is 0 Å². The largest absolute Gasteiger partial charge is 0.497 e. The van der Waals surface area contributed by atoms with Gasteiger partial charge < -0.3 is 15.2 Å². The number of nitrogens with one attached hydrogen (secondary N) is 1. The van der Waals surface area contributed by atoms with Crippen molar-refractivity contribution in [2.75, 3.05) is 12.4 Å². The van der Waals surface area contributed by atoms with E-state index in [0.29, 0.717) is 11.4 Å². The van der Waals surface area contributed by atoms with Gasteiger partial charge in [0.25, 0.3) is 0 Å². The molecule has 4 aromatic rings. The zero-order valence-corrected chi connectivity index (χ0v) is 18.6. The number of aryl methyl sites for hydroxylation is 3. The topological polar surface area (TPSA) is 76.4 Å². The quantitative estimate of drug-likeness (QED) is 0.391. The number of nitrogens with zero attached hydrogens (tertiary/aromatic N) is 2. The lowest BCUT2D eigenvalue weighted by molar-refractivity contribution is 0.0697. The van der Waals surface area contributed by atoms with Crippen LogP contribution in [-0.4, -0.2) is 28.0 Å². The fourth-order valence-electron chi connectivity index (χ4n) is 3.60. The molecule has 0 fully saturated rings. The Morgan fingerprint density at radius 1 is 1.13 bits per heavy atom. The second-order valence-corrected chi connectivity index (χ2v) is 8.41. The maximum Gasteiger partial charge on any atom is 0.337 e. The Labute approximate surface area is 184 Å². The first-order chi connectivity index (χ1) is 14.9. The molecule has 2 aromatic carbocycles. The normalized spacial score (nSPS) is 10.8. The van der Waals surface area contributed by atoms with E-state index in [0.717, 1.165) is 33.9 Å². The maximum absolute atomic E-state index is 11.9. The molecule has 6 nitrogen and oxygen atoms in total. The Kier molecular flexibility index (Phi) is 5.52. The van der Waals surface area contributed by atoms with Crippen molar-refractivity contribution in [2.45, 2.75) is 20.8 Å². The molecule has 0 aliphatic heterocycles. The second-order valence-electron chi connectivity index (χ2n) is 7.30. The summed E-state index contributed by atoms with van der Waals surface area (Å²) in [6, 6.07) is 15.1. The summed E-state index contributed by atoms with van der Waals surface area (Å²) in [7, 11) is 1.52. The molecule has 0 bridgehead atoms. The summed E-state index contributed by atoms with van der Waals surface area (Å²) in [6.07, 6.45) is 0. The van der Waals surface area contributed by atoms with E-state index in [1.54, 1.807) is 23.5 Å². The molecule has 0 atom stereocenters. The molecule has 0 unspecified atom stereocenters. The minimum absolute atomic E-state index is 0.127. The number of anilines is 2. The highest BCUT2D eigenvalue weighted by atomic mass is 32.1. The van der Waals surface area contributed by atoms with Crippen molar-refractivity contribution in [3.05, 3.63) is 75.6 Å². The van der Waals surface area contributed by atoms with Gasteiger partial charge in [0.2, 0.25) is 0 Å². The van der Waals surface area contributed by atoms with Crippen LogP contribution in [0, 0.1) is 20.8 Å². The first-order valence-electron chi connectivity index (χ1n) is 9.78. The molecule has 0 saturated carbocycles. The predicted octanol–water partition coefficient (Wildman–Crippen LogP) is 5.98. The summed E-state index contributed by atoms with van der Waals surface area (Å²) in [6.45, 7) is 6.06. The number of aromatic carboxylic acids is 1. The van der Waals surface area contributed by atoms with Crippen LogP contribution < -0.4 is 10.1 Å². The van der Waals surface area contributed by atoms with Crippen LogP contribution in [0.5, 0.6) is 5.75 Å². The minimum atomic E-state index is -1.03. The molecule has 2 aromatic heterocycles. The van der Waals surface area contributed by atoms with Crippen LogP contribution in [-0.2, 0) is 0 Å². The predicted molar refractivity (Wildman–Crippen MR) is 124 cm³/mol. The molecule has 2 N–H and O–H groups in total. The first kappa shape index (κ1) is 20.7. The van der Waals surface area contributed by atoms with E-state index >= 15 is 0 Å². The standard InChI is InChI=1S/C24H23N3O3S/c1-14-7-5-6-8-21(14)27-23(22(16(3)26-27)17-11-15(2)31-13-17)25-20-10-9-18(30-4)12-19(20)24(28)29/h5-13,25H,1-4H3,(H,28,29). The Bertz CT molecular complexity index is 1270. The van der Waals surface area contributed by atoms with Gasteiger partial charge in [-0.05, 0) is 67.6 Å². The number of carboxylic acids is 1. The monoisotopic (exact) mass is 433 g/mol. The maximum atomic E-state index is 11.9. The summed E-state index contributed by atoms with van der Waals surface area (Å²) in [5.74, 6) is 0.172. The highest BCUT2D eigenvalue weighted by Gasteiger charge is 2.22. The van der Waals surface area contributed by atoms with Crippen LogP contribution in [0.3, 0.4) is 0 Å². The minimum Gasteiger partial charge on any atom is -0.497 e. The number of benzene rings is 2. The third-order valence-corrected chi connectivity index (χ3v) is 5.99. The zero-order valence-electron chi connectivity index (χ0n) is 17.8. The second kappa shape index (κ2) is 8.28. The summed E-state index contributed by atoms with van der Waals surface area (Å²) in [5.41, 5.74) is 5.44. The number of thiophene rings is 1. The molecule has 7 heteroatoms. The highest BCUT2D eigenvalue weighted by Crippen LogP contribution is 2.38. The first-order valence-corrected chi connectivity index (χ1v) is 10.7. The Hall–Kier alpha value is -3.58. The van der Waals surface area contributed by atoms with Crippen molar-refractivity contribution in [1.82, 2.24) is 9.78 Å². The number of methoxy groups -OCH3 is 1. The molecular formula is C24H23N3O3S. The van der Waals surface area contributed by atoms with Gasteiger partial charge >= 0.3 is 5.97 Å². The van der Waals surface area contributed by atoms with Crippen LogP contribution in [0.25, 0.3) is 16.8 Å². The van der Waals surface area contributed by atoms with Gasteiger partial charge in [0.05, 0.1) is 29.7 Å². The van der Waals surface area contributed by atoms with E-state index in [1.165, 1.54) is 18.1 Å². The van der Waals surface area contributed by atoms with Crippen molar-refractivity contribution in [2.24, 2.45) is 0 Å². The van der Waals surface area contributed by atoms with E-state index in [1.807, 2.05) is 42.8 Å². The molecule has 2 heterocycles. The molecule has 0 spiro atoms. The molecular weight excluding hydrogens is 410 g/mol. The van der Waals surface area contributed by atoms with Crippen molar-refractivity contribution in [3.63, 3.8) is 0 Å². The van der Waals surface area contributed by atoms with E-state index in [4.69, 9.17) is 9.84 Å². The van der Waals surface area contributed by atoms with Crippen molar-refractivity contribution < 1.29 is 14.6 Å². The van der Waals surface area contributed by atoms with E-state index in [2.05, 4.69) is 23.7 Å². The van der Waals surface area contributed by atoms with Crippen molar-refractivity contribution in [3.8, 4) is 22.6 Å². The third kappa shape index (κ3) is 3.92. The number of carboxylic acid groups (broad SMARTS) is 1. The highest BCUT2D eigenvalue weighted by molar-refractivity contribution is 7.10. The lowest BCUT2D eigenvalue weighted by atomic mass is 10.1. The van der Waals surface area contributed by atoms with E-state index in [-0.39, 0.29) is 5.56 Å². The molecule has 31 heavy (non-hydrogen) atoms.